The van der Waals surface area contributed by atoms with Gasteiger partial charge in [-0.1, -0.05) is 55.0 Å². The summed E-state index contributed by atoms with van der Waals surface area (Å²) in [7, 11) is 0. The van der Waals surface area contributed by atoms with Crippen molar-refractivity contribution in [1.82, 2.24) is 58.2 Å². The Morgan fingerprint density at radius 1 is 0.449 bits per heavy atom. The summed E-state index contributed by atoms with van der Waals surface area (Å²) in [6.45, 7) is 1.68. The van der Waals surface area contributed by atoms with E-state index in [1.54, 1.807) is 60.9 Å². The largest absolute Gasteiger partial charge is 0.480 e. The number of hydrogen-bond acceptors (Lipinski definition) is 21. The molecule has 0 unspecified atom stereocenters. The summed E-state index contributed by atoms with van der Waals surface area (Å²) in [5.41, 5.74) is 57.6. The van der Waals surface area contributed by atoms with E-state index >= 15 is 4.79 Å². The van der Waals surface area contributed by atoms with Crippen molar-refractivity contribution < 1.29 is 77.3 Å². The van der Waals surface area contributed by atoms with Crippen LogP contribution in [-0.4, -0.2) is 221 Å². The predicted molar refractivity (Wildman–Crippen MR) is 398 cm³/mol. The minimum atomic E-state index is -1.89. The van der Waals surface area contributed by atoms with E-state index in [4.69, 9.17) is 57.3 Å². The number of unbranched alkanes of at least 4 members (excludes halogenated alkanes) is 2. The first-order valence-electron chi connectivity index (χ1n) is 34.9. The summed E-state index contributed by atoms with van der Waals surface area (Å²) in [5.74, 6) is -15.1. The lowest BCUT2D eigenvalue weighted by Crippen LogP contribution is -2.61. The lowest BCUT2D eigenvalue weighted by atomic mass is 10.0. The molecule has 0 fully saturated rings. The van der Waals surface area contributed by atoms with Crippen LogP contribution in [0.5, 0.6) is 0 Å². The Hall–Kier alpha value is -10.7. The number of hydrogen-bond donors (Lipinski definition) is 23. The maximum absolute atomic E-state index is 15.1. The van der Waals surface area contributed by atoms with E-state index in [1.165, 1.54) is 24.9 Å². The third-order valence-corrected chi connectivity index (χ3v) is 17.3. The van der Waals surface area contributed by atoms with Gasteiger partial charge >= 0.3 is 5.97 Å². The number of carbonyl (C=O) groups is 14. The zero-order valence-corrected chi connectivity index (χ0v) is 61.0. The van der Waals surface area contributed by atoms with Crippen LogP contribution in [-0.2, 0) is 80.0 Å². The summed E-state index contributed by atoms with van der Waals surface area (Å²) in [6.07, 6.45) is -0.492. The van der Waals surface area contributed by atoms with Crippen molar-refractivity contribution in [3.63, 3.8) is 0 Å². The fourth-order valence-corrected chi connectivity index (χ4v) is 11.3. The number of benzene rings is 2. The topological polar surface area (TPSA) is 700 Å². The fraction of sp³-hybridized carbons (Fsp3) is 0.552. The number of thioether (sulfide) groups is 1. The van der Waals surface area contributed by atoms with E-state index in [0.717, 1.165) is 0 Å². The number of carboxylic acid groups (broad SMARTS) is 1. The van der Waals surface area contributed by atoms with Crippen LogP contribution in [0, 0.1) is 0 Å². The van der Waals surface area contributed by atoms with Gasteiger partial charge in [0.15, 0.2) is 11.9 Å². The summed E-state index contributed by atoms with van der Waals surface area (Å²) in [5, 5.41) is 46.3. The molecule has 0 aliphatic carbocycles. The lowest BCUT2D eigenvalue weighted by Gasteiger charge is -2.28. The smallest absolute Gasteiger partial charge is 0.326 e. The average Bonchev–Trinajstić information content (AvgIpc) is 1.68. The fourth-order valence-electron chi connectivity index (χ4n) is 10.9. The molecule has 3 aromatic rings. The minimum Gasteiger partial charge on any atom is -0.480 e. The quantitative estimate of drug-likeness (QED) is 0.0142. The number of nitrogens with zero attached hydrogens (tertiary/aromatic N) is 2. The number of aliphatic hydroxyl groups excluding tert-OH is 1. The number of aliphatic imine (C=N–C) groups is 2. The highest BCUT2D eigenvalue weighted by Crippen LogP contribution is 2.21. The van der Waals surface area contributed by atoms with E-state index < -0.39 is 187 Å². The van der Waals surface area contributed by atoms with Crippen molar-refractivity contribution >= 4 is 117 Å². The highest BCUT2D eigenvalue weighted by molar-refractivity contribution is 7.98. The highest BCUT2D eigenvalue weighted by atomic mass is 32.2. The second-order valence-electron chi connectivity index (χ2n) is 25.4. The van der Waals surface area contributed by atoms with Crippen LogP contribution in [0.1, 0.15) is 121 Å². The molecular formula is C67H107N23O16S. The molecule has 39 nitrogen and oxygen atoms in total. The van der Waals surface area contributed by atoms with Gasteiger partial charge < -0.3 is 126 Å². The van der Waals surface area contributed by atoms with E-state index in [-0.39, 0.29) is 95.1 Å². The van der Waals surface area contributed by atoms with Gasteiger partial charge in [-0.2, -0.15) is 11.8 Å². The van der Waals surface area contributed by atoms with Crippen LogP contribution < -0.4 is 111 Å². The number of aromatic amines is 1. The Morgan fingerprint density at radius 3 is 1.31 bits per heavy atom. The van der Waals surface area contributed by atoms with Crippen LogP contribution in [0.15, 0.2) is 70.8 Å². The number of para-hydroxylation sites is 1. The van der Waals surface area contributed by atoms with Gasteiger partial charge in [0.2, 0.25) is 76.8 Å². The maximum atomic E-state index is 15.1. The maximum Gasteiger partial charge on any atom is 0.326 e. The third kappa shape index (κ3) is 34.4. The number of amides is 13. The molecule has 40 heteroatoms. The molecule has 0 aliphatic rings. The molecule has 2 aromatic carbocycles. The third-order valence-electron chi connectivity index (χ3n) is 16.6. The molecule has 0 bridgehead atoms. The first-order chi connectivity index (χ1) is 50.8. The molecule has 1 aromatic heterocycles. The number of fused-ring (bicyclic) bond motifs is 1. The van der Waals surface area contributed by atoms with E-state index in [0.29, 0.717) is 54.3 Å². The van der Waals surface area contributed by atoms with Crippen molar-refractivity contribution in [3.05, 3.63) is 71.9 Å². The molecular weight excluding hydrogens is 1410 g/mol. The molecule has 592 valence electrons. The number of aliphatic hydroxyl groups is 1. The van der Waals surface area contributed by atoms with Crippen LogP contribution in [0.2, 0.25) is 0 Å². The molecule has 107 heavy (non-hydrogen) atoms. The number of carboxylic acids is 1. The predicted octanol–water partition coefficient (Wildman–Crippen LogP) is -6.88. The number of H-pyrrole nitrogens is 1. The average molecular weight is 1520 g/mol. The number of aromatic nitrogens is 1. The highest BCUT2D eigenvalue weighted by Gasteiger charge is 2.38. The molecule has 33 N–H and O–H groups in total. The van der Waals surface area contributed by atoms with Gasteiger partial charge in [0, 0.05) is 55.9 Å². The van der Waals surface area contributed by atoms with Crippen molar-refractivity contribution in [2.45, 2.75) is 195 Å². The number of rotatable bonds is 53. The van der Waals surface area contributed by atoms with Gasteiger partial charge in [0.05, 0.1) is 18.6 Å². The number of primary amides is 3. The molecule has 0 saturated carbocycles. The molecule has 3 rings (SSSR count). The Bertz CT molecular complexity index is 3520. The van der Waals surface area contributed by atoms with Gasteiger partial charge in [0.25, 0.3) is 0 Å². The Morgan fingerprint density at radius 2 is 0.850 bits per heavy atom. The molecule has 0 saturated heterocycles. The molecule has 0 aliphatic heterocycles. The number of guanidine groups is 2. The van der Waals surface area contributed by atoms with Crippen LogP contribution >= 0.6 is 11.8 Å². The second kappa shape index (κ2) is 48.4. The van der Waals surface area contributed by atoms with Gasteiger partial charge in [-0.15, -0.1) is 0 Å². The number of nitrogens with one attached hydrogen (secondary N) is 11. The zero-order chi connectivity index (χ0) is 79.7. The summed E-state index contributed by atoms with van der Waals surface area (Å²) in [6, 6.07) is -2.36. The molecule has 0 radical (unpaired) electrons. The van der Waals surface area contributed by atoms with E-state index in [1.807, 2.05) is 0 Å². The van der Waals surface area contributed by atoms with Crippen LogP contribution in [0.25, 0.3) is 10.9 Å². The van der Waals surface area contributed by atoms with Crippen molar-refractivity contribution in [3.8, 4) is 0 Å². The molecule has 12 atom stereocenters. The Labute approximate surface area is 622 Å². The number of aliphatic carboxylic acids is 1. The summed E-state index contributed by atoms with van der Waals surface area (Å²) < 4.78 is 0. The molecule has 0 spiro atoms. The van der Waals surface area contributed by atoms with Crippen molar-refractivity contribution in [1.29, 1.82) is 0 Å². The SMILES string of the molecule is CSCC[C@H](NC(=O)[C@H](CC(N)=O)NC(=O)[C@H](CCCN=C(N)N)NC(=O)[C@H](CCC(N)=O)NC(=O)[C@H](Cc1c[nH]c2ccccc12)NC(=O)[C@H](CCC(N)=O)NC(=O)[C@H](Cc1ccccc1)NC(=O)[C@@H](NC(=O)[C@@H](N)CCCCN)[C@@H](C)O)C(=O)N[C@@H](CCCN=C(N)N)C(=O)N[C@@H](CCCCN)C(=O)O. The first kappa shape index (κ1) is 90.5. The minimum absolute atomic E-state index is 0.00219. The summed E-state index contributed by atoms with van der Waals surface area (Å²) >= 11 is 1.26. The van der Waals surface area contributed by atoms with Gasteiger partial charge in [-0.25, -0.2) is 4.79 Å². The standard InChI is InChI=1S/C67H107N23O16S/c1-36(91)54(90-55(95)40(70)17-8-10-27-68)64(104)89-48(32-37-14-4-3-5-15-37)61(101)83-45(23-25-52(72)93)59(99)87-49(33-38-35-80-41-18-7-6-16-39(38)41)62(102)84-44(22-24-51(71)92)58(98)81-43(21-13-30-79-67(76)77)57(97)88-50(34-53(73)94)63(103)85-46(26-31-107-2)60(100)82-42(20-12-29-78-66(74)75)56(96)86-47(65(105)106)19-9-11-28-69/h3-7,14-16,18,35-36,40,42-50,54,80,91H,8-13,17,19-34,68-70H2,1-2H3,(H2,71,92)(H2,72,93)(H2,73,94)(H,81,98)(H,82,100)(H,83,101)(H,84,102)(H,85,103)(H,86,96)(H,87,99)(H,88,97)(H,89,104)(H,90,95)(H,105,106)(H4,74,75,78)(H4,76,77,79)/t36-,40+,42+,43+,44+,45+,46+,47+,48+,49+,50+,54+/m1/s1. The number of nitrogens with two attached hydrogens (primary N) is 10. The van der Waals surface area contributed by atoms with Gasteiger partial charge in [-0.3, -0.25) is 72.3 Å². The van der Waals surface area contributed by atoms with Crippen molar-refractivity contribution in [2.24, 2.45) is 67.3 Å². The monoisotopic (exact) mass is 1520 g/mol. The normalized spacial score (nSPS) is 14.4. The Kier molecular flexibility index (Phi) is 40.9. The van der Waals surface area contributed by atoms with Gasteiger partial charge in [0.1, 0.15) is 60.4 Å². The number of carbonyl (C=O) groups excluding carboxylic acids is 13. The second-order valence-corrected chi connectivity index (χ2v) is 26.4. The molecule has 13 amide bonds. The molecule has 1 heterocycles. The van der Waals surface area contributed by atoms with Crippen LogP contribution in [0.3, 0.4) is 0 Å². The van der Waals surface area contributed by atoms with E-state index in [9.17, 15) is 72.5 Å². The Balaban J connectivity index is 2.09. The van der Waals surface area contributed by atoms with Gasteiger partial charge in [-0.05, 0) is 126 Å². The van der Waals surface area contributed by atoms with Crippen LogP contribution in [0.4, 0.5) is 0 Å². The summed E-state index contributed by atoms with van der Waals surface area (Å²) in [4.78, 5) is 204. The van der Waals surface area contributed by atoms with Crippen molar-refractivity contribution in [2.75, 3.05) is 38.2 Å². The lowest BCUT2D eigenvalue weighted by molar-refractivity contribution is -0.142. The zero-order valence-electron chi connectivity index (χ0n) is 60.2. The van der Waals surface area contributed by atoms with E-state index in [2.05, 4.69) is 68.1 Å². The first-order valence-corrected chi connectivity index (χ1v) is 36.3.